The van der Waals surface area contributed by atoms with Crippen molar-refractivity contribution < 1.29 is 14.3 Å². The molecule has 0 radical (unpaired) electrons. The molecule has 2 aromatic rings. The molecule has 0 amide bonds. The van der Waals surface area contributed by atoms with E-state index in [0.29, 0.717) is 5.56 Å². The van der Waals surface area contributed by atoms with Crippen LogP contribution in [-0.2, 0) is 6.54 Å². The maximum Gasteiger partial charge on any atom is 0.341 e. The first-order valence-corrected chi connectivity index (χ1v) is 5.25. The second-order valence-corrected chi connectivity index (χ2v) is 3.79. The smallest absolute Gasteiger partial charge is 0.341 e. The highest BCUT2D eigenvalue weighted by Gasteiger charge is 2.09. The Morgan fingerprint density at radius 1 is 1.28 bits per heavy atom. The second-order valence-electron chi connectivity index (χ2n) is 3.79. The molecular weight excluding hydrogens is 237 g/mol. The molecule has 1 aromatic carbocycles. The summed E-state index contributed by atoms with van der Waals surface area (Å²) in [6.45, 7) is 0.174. The first kappa shape index (κ1) is 12.0. The van der Waals surface area contributed by atoms with Crippen LogP contribution in [0.3, 0.4) is 0 Å². The molecule has 0 aliphatic carbocycles. The van der Waals surface area contributed by atoms with Gasteiger partial charge in [0.15, 0.2) is 5.43 Å². The van der Waals surface area contributed by atoms with Gasteiger partial charge in [0.2, 0.25) is 0 Å². The lowest BCUT2D eigenvalue weighted by Gasteiger charge is -2.08. The zero-order valence-corrected chi connectivity index (χ0v) is 9.34. The zero-order valence-electron chi connectivity index (χ0n) is 9.34. The van der Waals surface area contributed by atoms with E-state index in [-0.39, 0.29) is 17.9 Å². The van der Waals surface area contributed by atoms with Crippen molar-refractivity contribution >= 4 is 5.97 Å². The van der Waals surface area contributed by atoms with Crippen LogP contribution in [-0.4, -0.2) is 15.6 Å². The van der Waals surface area contributed by atoms with E-state index in [0.717, 1.165) is 6.07 Å². The van der Waals surface area contributed by atoms with Gasteiger partial charge in [-0.3, -0.25) is 4.79 Å². The van der Waals surface area contributed by atoms with Crippen LogP contribution < -0.4 is 5.43 Å². The van der Waals surface area contributed by atoms with Gasteiger partial charge in [0.25, 0.3) is 0 Å². The molecule has 0 bridgehead atoms. The Morgan fingerprint density at radius 2 is 2.00 bits per heavy atom. The quantitative estimate of drug-likeness (QED) is 0.898. The molecule has 0 spiro atoms. The first-order valence-electron chi connectivity index (χ1n) is 5.25. The van der Waals surface area contributed by atoms with Gasteiger partial charge in [-0.25, -0.2) is 9.18 Å². The summed E-state index contributed by atoms with van der Waals surface area (Å²) < 4.78 is 14.9. The Hall–Kier alpha value is -2.43. The van der Waals surface area contributed by atoms with Crippen molar-refractivity contribution in [3.8, 4) is 0 Å². The number of aromatic carboxylic acids is 1. The molecule has 1 heterocycles. The maximum atomic E-state index is 13.4. The normalized spacial score (nSPS) is 10.3. The van der Waals surface area contributed by atoms with Crippen LogP contribution in [0.5, 0.6) is 0 Å². The van der Waals surface area contributed by atoms with E-state index in [1.54, 1.807) is 18.2 Å². The van der Waals surface area contributed by atoms with Crippen LogP contribution in [0.2, 0.25) is 0 Å². The average Bonchev–Trinajstić information content (AvgIpc) is 2.34. The maximum absolute atomic E-state index is 13.4. The van der Waals surface area contributed by atoms with Gasteiger partial charge < -0.3 is 9.67 Å². The fourth-order valence-corrected chi connectivity index (χ4v) is 1.61. The molecule has 0 fully saturated rings. The van der Waals surface area contributed by atoms with Gasteiger partial charge in [0.05, 0.1) is 0 Å². The molecule has 5 heteroatoms. The van der Waals surface area contributed by atoms with Gasteiger partial charge in [-0.1, -0.05) is 18.2 Å². The zero-order chi connectivity index (χ0) is 13.1. The third-order valence-electron chi connectivity index (χ3n) is 2.52. The molecule has 92 valence electrons. The van der Waals surface area contributed by atoms with Gasteiger partial charge in [-0.15, -0.1) is 0 Å². The lowest BCUT2D eigenvalue weighted by Crippen LogP contribution is -2.17. The SMILES string of the molecule is O=C(O)c1cn(Cc2ccccc2F)ccc1=O. The molecule has 0 saturated carbocycles. The summed E-state index contributed by atoms with van der Waals surface area (Å²) in [6, 6.07) is 7.36. The summed E-state index contributed by atoms with van der Waals surface area (Å²) in [5, 5.41) is 8.82. The van der Waals surface area contributed by atoms with Crippen LogP contribution in [0, 0.1) is 5.82 Å². The average molecular weight is 247 g/mol. The summed E-state index contributed by atoms with van der Waals surface area (Å²) in [5.74, 6) is -1.66. The summed E-state index contributed by atoms with van der Waals surface area (Å²) in [6.07, 6.45) is 2.64. The number of halogens is 1. The van der Waals surface area contributed by atoms with Crippen molar-refractivity contribution in [2.24, 2.45) is 0 Å². The number of aromatic nitrogens is 1. The van der Waals surface area contributed by atoms with E-state index < -0.39 is 11.4 Å². The lowest BCUT2D eigenvalue weighted by atomic mass is 10.2. The van der Waals surface area contributed by atoms with E-state index in [2.05, 4.69) is 0 Å². The topological polar surface area (TPSA) is 59.3 Å². The van der Waals surface area contributed by atoms with Crippen molar-refractivity contribution in [3.05, 3.63) is 69.9 Å². The van der Waals surface area contributed by atoms with Crippen LogP contribution in [0.4, 0.5) is 4.39 Å². The highest BCUT2D eigenvalue weighted by Crippen LogP contribution is 2.08. The number of benzene rings is 1. The van der Waals surface area contributed by atoms with Gasteiger partial charge in [-0.2, -0.15) is 0 Å². The highest BCUT2D eigenvalue weighted by atomic mass is 19.1. The van der Waals surface area contributed by atoms with Crippen molar-refractivity contribution in [3.63, 3.8) is 0 Å². The van der Waals surface area contributed by atoms with E-state index in [4.69, 9.17) is 5.11 Å². The number of rotatable bonds is 3. The number of carboxylic acids is 1. The van der Waals surface area contributed by atoms with Crippen molar-refractivity contribution in [2.45, 2.75) is 6.54 Å². The predicted molar refractivity (Wildman–Crippen MR) is 63.2 cm³/mol. The number of hydrogen-bond donors (Lipinski definition) is 1. The third-order valence-corrected chi connectivity index (χ3v) is 2.52. The Labute approximate surface area is 102 Å². The summed E-state index contributed by atoms with van der Waals surface area (Å²) in [4.78, 5) is 22.1. The molecule has 0 unspecified atom stereocenters. The first-order chi connectivity index (χ1) is 8.58. The molecule has 18 heavy (non-hydrogen) atoms. The molecule has 0 aliphatic heterocycles. The molecule has 4 nitrogen and oxygen atoms in total. The Balaban J connectivity index is 2.36. The summed E-state index contributed by atoms with van der Waals surface area (Å²) in [7, 11) is 0. The molecule has 0 atom stereocenters. The monoisotopic (exact) mass is 247 g/mol. The Kier molecular flexibility index (Phi) is 3.23. The number of carboxylic acid groups (broad SMARTS) is 1. The van der Waals surface area contributed by atoms with Crippen molar-refractivity contribution in [1.29, 1.82) is 0 Å². The van der Waals surface area contributed by atoms with E-state index in [1.165, 1.54) is 23.0 Å². The number of nitrogens with zero attached hydrogens (tertiary/aromatic N) is 1. The van der Waals surface area contributed by atoms with Gasteiger partial charge in [0.1, 0.15) is 11.4 Å². The third kappa shape index (κ3) is 2.45. The standard InChI is InChI=1S/C13H10FNO3/c14-11-4-2-1-3-9(11)7-15-6-5-12(16)10(8-15)13(17)18/h1-6,8H,7H2,(H,17,18). The molecule has 1 N–H and O–H groups in total. The summed E-state index contributed by atoms with van der Waals surface area (Å²) >= 11 is 0. The number of hydrogen-bond acceptors (Lipinski definition) is 2. The van der Waals surface area contributed by atoms with Crippen LogP contribution in [0.25, 0.3) is 0 Å². The molecule has 0 aliphatic rings. The largest absolute Gasteiger partial charge is 0.477 e. The number of pyridine rings is 1. The fraction of sp³-hybridized carbons (Fsp3) is 0.0769. The lowest BCUT2D eigenvalue weighted by molar-refractivity contribution is 0.0694. The van der Waals surface area contributed by atoms with Crippen molar-refractivity contribution in [2.75, 3.05) is 0 Å². The second kappa shape index (κ2) is 4.83. The van der Waals surface area contributed by atoms with Gasteiger partial charge >= 0.3 is 5.97 Å². The Bertz CT molecular complexity index is 649. The van der Waals surface area contributed by atoms with E-state index >= 15 is 0 Å². The highest BCUT2D eigenvalue weighted by molar-refractivity contribution is 5.86. The molecule has 2 rings (SSSR count). The van der Waals surface area contributed by atoms with Crippen LogP contribution in [0.15, 0.2) is 47.5 Å². The predicted octanol–water partition coefficient (Wildman–Crippen LogP) is 1.73. The van der Waals surface area contributed by atoms with Crippen LogP contribution in [0.1, 0.15) is 15.9 Å². The molecular formula is C13H10FNO3. The molecule has 1 aromatic heterocycles. The minimum absolute atomic E-state index is 0.174. The number of carbonyl (C=O) groups is 1. The summed E-state index contributed by atoms with van der Waals surface area (Å²) in [5.41, 5.74) is -0.460. The van der Waals surface area contributed by atoms with Crippen LogP contribution >= 0.6 is 0 Å². The van der Waals surface area contributed by atoms with Crippen molar-refractivity contribution in [1.82, 2.24) is 4.57 Å². The molecule has 0 saturated heterocycles. The minimum Gasteiger partial charge on any atom is -0.477 e. The fourth-order valence-electron chi connectivity index (χ4n) is 1.61. The van der Waals surface area contributed by atoms with Gasteiger partial charge in [-0.05, 0) is 6.07 Å². The van der Waals surface area contributed by atoms with E-state index in [1.807, 2.05) is 0 Å². The minimum atomic E-state index is -1.29. The van der Waals surface area contributed by atoms with E-state index in [9.17, 15) is 14.0 Å². The van der Waals surface area contributed by atoms with Gasteiger partial charge in [0, 0.05) is 30.6 Å². The Morgan fingerprint density at radius 3 is 2.67 bits per heavy atom.